The number of aromatic nitrogens is 3. The van der Waals surface area contributed by atoms with Crippen LogP contribution in [-0.4, -0.2) is 52.6 Å². The third-order valence-electron chi connectivity index (χ3n) is 5.01. The molecular weight excluding hydrogens is 415 g/mol. The van der Waals surface area contributed by atoms with Crippen molar-refractivity contribution in [3.8, 4) is 0 Å². The molecule has 0 aliphatic carbocycles. The third kappa shape index (κ3) is 4.41. The van der Waals surface area contributed by atoms with E-state index in [-0.39, 0.29) is 11.1 Å². The molecule has 1 fully saturated rings. The van der Waals surface area contributed by atoms with Crippen molar-refractivity contribution < 1.29 is 22.7 Å². The van der Waals surface area contributed by atoms with Crippen LogP contribution in [0.25, 0.3) is 5.52 Å². The highest BCUT2D eigenvalue weighted by Crippen LogP contribution is 2.21. The molecule has 4 rings (SSSR count). The molecule has 164 valence electrons. The van der Waals surface area contributed by atoms with E-state index < -0.39 is 24.2 Å². The highest BCUT2D eigenvalue weighted by Gasteiger charge is 2.30. The normalized spacial score (nSPS) is 14.8. The second-order valence-corrected chi connectivity index (χ2v) is 7.24. The maximum absolute atomic E-state index is 12.8. The molecule has 1 N–H and O–H groups in total. The van der Waals surface area contributed by atoms with E-state index in [2.05, 4.69) is 15.3 Å². The lowest BCUT2D eigenvalue weighted by Crippen LogP contribution is -2.36. The fourth-order valence-electron chi connectivity index (χ4n) is 3.55. The predicted molar refractivity (Wildman–Crippen MR) is 108 cm³/mol. The summed E-state index contributed by atoms with van der Waals surface area (Å²) in [6.45, 7) is 2.92. The quantitative estimate of drug-likeness (QED) is 0.681. The van der Waals surface area contributed by atoms with Crippen LogP contribution in [0, 0.1) is 6.92 Å². The van der Waals surface area contributed by atoms with Gasteiger partial charge in [0.1, 0.15) is 12.1 Å². The number of amides is 1. The summed E-state index contributed by atoms with van der Waals surface area (Å²) >= 11 is 0. The molecule has 1 amide bonds. The molecule has 1 aromatic carbocycles. The van der Waals surface area contributed by atoms with E-state index in [1.807, 2.05) is 12.1 Å². The largest absolute Gasteiger partial charge is 0.406 e. The summed E-state index contributed by atoms with van der Waals surface area (Å²) in [6, 6.07) is 7.16. The van der Waals surface area contributed by atoms with Gasteiger partial charge in [-0.15, -0.1) is 0 Å². The number of aryl methyl sites for hydroxylation is 1. The number of nitrogens with zero attached hydrogens (tertiary/aromatic N) is 4. The minimum Gasteiger partial charge on any atom is -0.378 e. The third-order valence-corrected chi connectivity index (χ3v) is 5.01. The number of carbonyl (C=O) groups excluding carboxylic acids is 1. The van der Waals surface area contributed by atoms with Crippen LogP contribution in [0.15, 0.2) is 41.5 Å². The number of ether oxygens (including phenoxy) is 1. The lowest BCUT2D eigenvalue weighted by atomic mass is 10.2. The predicted octanol–water partition coefficient (Wildman–Crippen LogP) is 2.46. The van der Waals surface area contributed by atoms with Crippen molar-refractivity contribution in [1.82, 2.24) is 14.2 Å². The summed E-state index contributed by atoms with van der Waals surface area (Å²) in [5, 5.41) is 6.67. The Bertz CT molecular complexity index is 1160. The first-order valence-electron chi connectivity index (χ1n) is 9.61. The van der Waals surface area contributed by atoms with E-state index >= 15 is 0 Å². The average Bonchev–Trinajstić information content (AvgIpc) is 3.18. The van der Waals surface area contributed by atoms with E-state index in [4.69, 9.17) is 4.74 Å². The van der Waals surface area contributed by atoms with Gasteiger partial charge in [0.05, 0.1) is 30.7 Å². The van der Waals surface area contributed by atoms with Crippen molar-refractivity contribution in [2.45, 2.75) is 19.6 Å². The minimum atomic E-state index is -4.57. The van der Waals surface area contributed by atoms with Crippen molar-refractivity contribution in [3.63, 3.8) is 0 Å². The van der Waals surface area contributed by atoms with Crippen molar-refractivity contribution in [3.05, 3.63) is 58.3 Å². The van der Waals surface area contributed by atoms with Crippen molar-refractivity contribution in [2.24, 2.45) is 0 Å². The number of fused-ring (bicyclic) bond motifs is 1. The van der Waals surface area contributed by atoms with Crippen LogP contribution in [0.2, 0.25) is 0 Å². The Kier molecular flexibility index (Phi) is 5.44. The van der Waals surface area contributed by atoms with Gasteiger partial charge in [-0.05, 0) is 31.2 Å². The maximum Gasteiger partial charge on any atom is 0.406 e. The summed E-state index contributed by atoms with van der Waals surface area (Å²) in [6.07, 6.45) is -2.32. The van der Waals surface area contributed by atoms with Crippen LogP contribution >= 0.6 is 0 Å². The van der Waals surface area contributed by atoms with Crippen molar-refractivity contribution in [1.29, 1.82) is 0 Å². The number of carbonyl (C=O) groups is 1. The van der Waals surface area contributed by atoms with Crippen molar-refractivity contribution in [2.75, 3.05) is 36.5 Å². The van der Waals surface area contributed by atoms with Gasteiger partial charge in [0.2, 0.25) is 0 Å². The summed E-state index contributed by atoms with van der Waals surface area (Å²) in [5.41, 5.74) is 0.544. The van der Waals surface area contributed by atoms with E-state index in [9.17, 15) is 22.8 Å². The van der Waals surface area contributed by atoms with Gasteiger partial charge >= 0.3 is 6.18 Å². The number of hydrogen-bond donors (Lipinski definition) is 1. The summed E-state index contributed by atoms with van der Waals surface area (Å²) < 4.78 is 45.5. The Morgan fingerprint density at radius 1 is 1.19 bits per heavy atom. The molecule has 0 spiro atoms. The Hall–Kier alpha value is -3.34. The Morgan fingerprint density at radius 2 is 1.87 bits per heavy atom. The maximum atomic E-state index is 12.8. The Balaban J connectivity index is 1.60. The lowest BCUT2D eigenvalue weighted by Gasteiger charge is -2.28. The van der Waals surface area contributed by atoms with E-state index in [1.54, 1.807) is 12.1 Å². The first-order chi connectivity index (χ1) is 14.7. The lowest BCUT2D eigenvalue weighted by molar-refractivity contribution is -0.141. The summed E-state index contributed by atoms with van der Waals surface area (Å²) in [4.78, 5) is 27.6. The highest BCUT2D eigenvalue weighted by molar-refractivity contribution is 6.08. The monoisotopic (exact) mass is 435 g/mol. The zero-order chi connectivity index (χ0) is 22.2. The smallest absolute Gasteiger partial charge is 0.378 e. The van der Waals surface area contributed by atoms with Crippen molar-refractivity contribution >= 4 is 22.8 Å². The molecule has 0 radical (unpaired) electrons. The van der Waals surface area contributed by atoms with Gasteiger partial charge in [0.15, 0.2) is 0 Å². The Labute approximate surface area is 174 Å². The zero-order valence-corrected chi connectivity index (χ0v) is 16.6. The molecule has 3 heterocycles. The molecule has 1 saturated heterocycles. The second-order valence-electron chi connectivity index (χ2n) is 7.24. The molecule has 0 saturated carbocycles. The number of morpholine rings is 1. The van der Waals surface area contributed by atoms with Gasteiger partial charge in [0.25, 0.3) is 11.5 Å². The molecular formula is C20H20F3N5O3. The van der Waals surface area contributed by atoms with E-state index in [1.165, 1.54) is 17.6 Å². The molecule has 0 unspecified atom stereocenters. The summed E-state index contributed by atoms with van der Waals surface area (Å²) in [5.74, 6) is -0.629. The number of nitrogens with one attached hydrogen (secondary N) is 1. The van der Waals surface area contributed by atoms with Gasteiger partial charge in [0, 0.05) is 30.7 Å². The van der Waals surface area contributed by atoms with Crippen LogP contribution in [0.4, 0.5) is 24.5 Å². The molecule has 3 aromatic rings. The van der Waals surface area contributed by atoms with Gasteiger partial charge in [-0.2, -0.15) is 18.3 Å². The molecule has 1 aliphatic heterocycles. The van der Waals surface area contributed by atoms with Crippen LogP contribution < -0.4 is 15.8 Å². The molecule has 11 heteroatoms. The zero-order valence-electron chi connectivity index (χ0n) is 16.6. The van der Waals surface area contributed by atoms with Gasteiger partial charge in [-0.25, -0.2) is 4.52 Å². The first kappa shape index (κ1) is 20.9. The molecule has 1 aliphatic rings. The van der Waals surface area contributed by atoms with Gasteiger partial charge in [-0.3, -0.25) is 9.59 Å². The fraction of sp³-hybridized carbons (Fsp3) is 0.350. The first-order valence-corrected chi connectivity index (χ1v) is 9.61. The number of alkyl halides is 3. The standard InChI is InChI=1S/C20H20F3N5O3/c1-13-11-27(12-20(21,22)23)19(30)17-16(10-24-28(13)17)18(29)25-14-2-4-15(5-3-14)26-6-8-31-9-7-26/h2-5,10-11H,6-9,12H2,1H3,(H,25,29). The van der Waals surface area contributed by atoms with Gasteiger partial charge < -0.3 is 19.5 Å². The van der Waals surface area contributed by atoms with E-state index in [0.29, 0.717) is 29.2 Å². The van der Waals surface area contributed by atoms with Crippen LogP contribution in [0.1, 0.15) is 16.1 Å². The van der Waals surface area contributed by atoms with Gasteiger partial charge in [-0.1, -0.05) is 0 Å². The topological polar surface area (TPSA) is 80.9 Å². The highest BCUT2D eigenvalue weighted by atomic mass is 19.4. The molecule has 31 heavy (non-hydrogen) atoms. The molecule has 8 nitrogen and oxygen atoms in total. The number of anilines is 2. The van der Waals surface area contributed by atoms with Crippen LogP contribution in [-0.2, 0) is 11.3 Å². The van der Waals surface area contributed by atoms with E-state index in [0.717, 1.165) is 25.0 Å². The molecule has 0 atom stereocenters. The van der Waals surface area contributed by atoms with Crippen LogP contribution in [0.5, 0.6) is 0 Å². The average molecular weight is 435 g/mol. The SMILES string of the molecule is Cc1cn(CC(F)(F)F)c(=O)c2c(C(=O)Nc3ccc(N4CCOCC4)cc3)cnn12. The fourth-order valence-corrected chi connectivity index (χ4v) is 3.55. The summed E-state index contributed by atoms with van der Waals surface area (Å²) in [7, 11) is 0. The molecule has 0 bridgehead atoms. The molecule has 2 aromatic heterocycles. The number of hydrogen-bond acceptors (Lipinski definition) is 5. The number of halogens is 3. The second kappa shape index (κ2) is 8.06. The Morgan fingerprint density at radius 3 is 2.52 bits per heavy atom. The minimum absolute atomic E-state index is 0.0955. The van der Waals surface area contributed by atoms with Crippen LogP contribution in [0.3, 0.4) is 0 Å². The number of rotatable bonds is 4. The number of benzene rings is 1.